The Bertz CT molecular complexity index is 1430. The second-order valence-corrected chi connectivity index (χ2v) is 12.8. The molecule has 9 heteroatoms. The summed E-state index contributed by atoms with van der Waals surface area (Å²) in [5.74, 6) is -0.566. The van der Waals surface area contributed by atoms with E-state index in [4.69, 9.17) is 11.6 Å². The summed E-state index contributed by atoms with van der Waals surface area (Å²) >= 11 is 6.30. The first-order chi connectivity index (χ1) is 18.9. The van der Waals surface area contributed by atoms with Crippen molar-refractivity contribution in [2.75, 3.05) is 23.7 Å². The highest BCUT2D eigenvalue weighted by Gasteiger charge is 2.33. The molecule has 7 nitrogen and oxygen atoms in total. The van der Waals surface area contributed by atoms with Crippen LogP contribution in [0, 0.1) is 19.8 Å². The summed E-state index contributed by atoms with van der Waals surface area (Å²) < 4.78 is 27.0. The maximum Gasteiger partial charge on any atom is 0.244 e. The normalized spacial score (nSPS) is 12.2. The lowest BCUT2D eigenvalue weighted by Gasteiger charge is -2.34. The fraction of sp³-hybridized carbons (Fsp3) is 0.355. The van der Waals surface area contributed by atoms with E-state index in [9.17, 15) is 18.0 Å². The third kappa shape index (κ3) is 8.57. The smallest absolute Gasteiger partial charge is 0.244 e. The lowest BCUT2D eigenvalue weighted by atomic mass is 10.0. The van der Waals surface area contributed by atoms with Gasteiger partial charge in [0.25, 0.3) is 0 Å². The van der Waals surface area contributed by atoms with Crippen molar-refractivity contribution in [3.63, 3.8) is 0 Å². The zero-order valence-corrected chi connectivity index (χ0v) is 25.3. The van der Waals surface area contributed by atoms with Gasteiger partial charge >= 0.3 is 0 Å². The Morgan fingerprint density at radius 2 is 1.57 bits per heavy atom. The molecule has 0 spiro atoms. The molecular weight excluding hydrogens is 546 g/mol. The van der Waals surface area contributed by atoms with E-state index in [0.717, 1.165) is 27.3 Å². The van der Waals surface area contributed by atoms with Gasteiger partial charge in [-0.15, -0.1) is 0 Å². The minimum atomic E-state index is -3.87. The molecule has 3 aromatic carbocycles. The Hall–Kier alpha value is -3.36. The molecule has 0 aromatic heterocycles. The van der Waals surface area contributed by atoms with Crippen LogP contribution in [0.5, 0.6) is 0 Å². The minimum Gasteiger partial charge on any atom is -0.354 e. The molecule has 0 fully saturated rings. The van der Waals surface area contributed by atoms with Crippen LogP contribution in [0.3, 0.4) is 0 Å². The monoisotopic (exact) mass is 583 g/mol. The van der Waals surface area contributed by atoms with Crippen molar-refractivity contribution in [2.45, 2.75) is 46.7 Å². The summed E-state index contributed by atoms with van der Waals surface area (Å²) in [5.41, 5.74) is 3.61. The van der Waals surface area contributed by atoms with E-state index in [0.29, 0.717) is 22.8 Å². The number of anilines is 1. The fourth-order valence-electron chi connectivity index (χ4n) is 4.44. The molecule has 0 radical (unpaired) electrons. The average molecular weight is 584 g/mol. The Balaban J connectivity index is 2.07. The molecule has 1 N–H and O–H groups in total. The molecule has 2 amide bonds. The van der Waals surface area contributed by atoms with Crippen LogP contribution in [0.2, 0.25) is 5.02 Å². The van der Waals surface area contributed by atoms with Crippen LogP contribution in [0.15, 0.2) is 72.8 Å². The number of benzene rings is 3. The lowest BCUT2D eigenvalue weighted by Crippen LogP contribution is -2.53. The molecule has 0 aliphatic rings. The predicted molar refractivity (Wildman–Crippen MR) is 162 cm³/mol. The third-order valence-electron chi connectivity index (χ3n) is 6.58. The van der Waals surface area contributed by atoms with Crippen LogP contribution in [0.4, 0.5) is 5.69 Å². The number of amides is 2. The van der Waals surface area contributed by atoms with E-state index in [1.165, 1.54) is 4.90 Å². The zero-order valence-electron chi connectivity index (χ0n) is 23.7. The van der Waals surface area contributed by atoms with Gasteiger partial charge in [0.1, 0.15) is 12.6 Å². The van der Waals surface area contributed by atoms with Crippen molar-refractivity contribution in [3.8, 4) is 0 Å². The summed E-state index contributed by atoms with van der Waals surface area (Å²) in [7, 11) is -3.87. The molecule has 3 rings (SSSR count). The van der Waals surface area contributed by atoms with Gasteiger partial charge < -0.3 is 10.2 Å². The summed E-state index contributed by atoms with van der Waals surface area (Å²) in [6.07, 6.45) is 1.33. The van der Waals surface area contributed by atoms with E-state index in [2.05, 4.69) is 5.32 Å². The molecule has 214 valence electrons. The first-order valence-electron chi connectivity index (χ1n) is 13.3. The highest BCUT2D eigenvalue weighted by Crippen LogP contribution is 2.28. The molecule has 0 bridgehead atoms. The molecule has 0 saturated carbocycles. The molecule has 0 heterocycles. The maximum absolute atomic E-state index is 14.1. The number of aryl methyl sites for hydroxylation is 1. The Kier molecular flexibility index (Phi) is 10.8. The van der Waals surface area contributed by atoms with Gasteiger partial charge in [0.15, 0.2) is 0 Å². The standard InChI is InChI=1S/C31H38ClN3O4S/c1-22(2)19-33-31(37)29(18-25-12-7-6-8-13-25)34(20-26-14-9-11-23(3)17-26)30(36)21-35(40(5,38)39)28-16-10-15-27(32)24(28)4/h6-17,22,29H,18-21H2,1-5H3,(H,33,37)/t29-/m0/s1. The van der Waals surface area contributed by atoms with Crippen molar-refractivity contribution in [3.05, 3.63) is 100 Å². The van der Waals surface area contributed by atoms with Crippen LogP contribution in [0.25, 0.3) is 0 Å². The molecule has 0 saturated heterocycles. The number of hydrogen-bond acceptors (Lipinski definition) is 4. The van der Waals surface area contributed by atoms with E-state index < -0.39 is 28.5 Å². The van der Waals surface area contributed by atoms with Gasteiger partial charge in [-0.25, -0.2) is 8.42 Å². The summed E-state index contributed by atoms with van der Waals surface area (Å²) in [4.78, 5) is 29.3. The number of sulfonamides is 1. The van der Waals surface area contributed by atoms with E-state index in [-0.39, 0.29) is 24.8 Å². The fourth-order valence-corrected chi connectivity index (χ4v) is 5.51. The topological polar surface area (TPSA) is 86.8 Å². The first-order valence-corrected chi connectivity index (χ1v) is 15.5. The van der Waals surface area contributed by atoms with E-state index >= 15 is 0 Å². The second-order valence-electron chi connectivity index (χ2n) is 10.5. The van der Waals surface area contributed by atoms with E-state index in [1.54, 1.807) is 25.1 Å². The summed E-state index contributed by atoms with van der Waals surface area (Å²) in [6.45, 7) is 7.78. The Morgan fingerprint density at radius 1 is 0.925 bits per heavy atom. The molecule has 1 atom stereocenters. The molecule has 40 heavy (non-hydrogen) atoms. The summed E-state index contributed by atoms with van der Waals surface area (Å²) in [6, 6.07) is 21.3. The zero-order chi connectivity index (χ0) is 29.4. The molecule has 0 aliphatic carbocycles. The minimum absolute atomic E-state index is 0.138. The van der Waals surface area contributed by atoms with Crippen molar-refractivity contribution < 1.29 is 18.0 Å². The number of carbonyl (C=O) groups is 2. The molecule has 0 aliphatic heterocycles. The number of rotatable bonds is 12. The number of halogens is 1. The largest absolute Gasteiger partial charge is 0.354 e. The predicted octanol–water partition coefficient (Wildman–Crippen LogP) is 5.14. The maximum atomic E-state index is 14.1. The van der Waals surface area contributed by atoms with Crippen LogP contribution in [-0.2, 0) is 32.6 Å². The van der Waals surface area contributed by atoms with Crippen LogP contribution >= 0.6 is 11.6 Å². The van der Waals surface area contributed by atoms with Gasteiger partial charge in [-0.1, -0.05) is 91.7 Å². The lowest BCUT2D eigenvalue weighted by molar-refractivity contribution is -0.140. The van der Waals surface area contributed by atoms with Gasteiger partial charge in [-0.05, 0) is 48.6 Å². The third-order valence-corrected chi connectivity index (χ3v) is 8.11. The quantitative estimate of drug-likeness (QED) is 0.320. The van der Waals surface area contributed by atoms with Crippen LogP contribution in [0.1, 0.15) is 36.1 Å². The van der Waals surface area contributed by atoms with Gasteiger partial charge in [0, 0.05) is 24.5 Å². The van der Waals surface area contributed by atoms with Crippen molar-refractivity contribution in [2.24, 2.45) is 5.92 Å². The number of nitrogens with one attached hydrogen (secondary N) is 1. The molecule has 3 aromatic rings. The van der Waals surface area contributed by atoms with Crippen molar-refractivity contribution in [1.82, 2.24) is 10.2 Å². The molecule has 0 unspecified atom stereocenters. The number of nitrogens with zero attached hydrogens (tertiary/aromatic N) is 2. The SMILES string of the molecule is Cc1cccc(CN(C(=O)CN(c2cccc(Cl)c2C)S(C)(=O)=O)[C@@H](Cc2ccccc2)C(=O)NCC(C)C)c1. The Morgan fingerprint density at radius 3 is 2.20 bits per heavy atom. The van der Waals surface area contributed by atoms with E-state index in [1.807, 2.05) is 75.4 Å². The van der Waals surface area contributed by atoms with Gasteiger partial charge in [0.05, 0.1) is 11.9 Å². The Labute approximate surface area is 243 Å². The van der Waals surface area contributed by atoms with Crippen LogP contribution < -0.4 is 9.62 Å². The molecular formula is C31H38ClN3O4S. The number of carbonyl (C=O) groups excluding carboxylic acids is 2. The average Bonchev–Trinajstić information content (AvgIpc) is 2.89. The van der Waals surface area contributed by atoms with Gasteiger partial charge in [0.2, 0.25) is 21.8 Å². The highest BCUT2D eigenvalue weighted by atomic mass is 35.5. The highest BCUT2D eigenvalue weighted by molar-refractivity contribution is 7.92. The van der Waals surface area contributed by atoms with Gasteiger partial charge in [-0.2, -0.15) is 0 Å². The second kappa shape index (κ2) is 13.8. The van der Waals surface area contributed by atoms with Crippen LogP contribution in [-0.4, -0.2) is 50.5 Å². The van der Waals surface area contributed by atoms with Crippen molar-refractivity contribution >= 4 is 39.1 Å². The summed E-state index contributed by atoms with van der Waals surface area (Å²) in [5, 5.41) is 3.38. The van der Waals surface area contributed by atoms with Crippen molar-refractivity contribution in [1.29, 1.82) is 0 Å². The van der Waals surface area contributed by atoms with Gasteiger partial charge in [-0.3, -0.25) is 13.9 Å². The number of hydrogen-bond donors (Lipinski definition) is 1. The first kappa shape index (κ1) is 31.2.